The van der Waals surface area contributed by atoms with E-state index in [0.717, 1.165) is 18.9 Å². The molecule has 3 amide bonds. The molecule has 0 bridgehead atoms. The third-order valence-electron chi connectivity index (χ3n) is 4.97. The lowest BCUT2D eigenvalue weighted by molar-refractivity contribution is -0.134. The van der Waals surface area contributed by atoms with Gasteiger partial charge in [-0.2, -0.15) is 0 Å². The Morgan fingerprint density at radius 2 is 1.92 bits per heavy atom. The SMILES string of the molecule is Cc1nncn1CCN1C(=O)N(CC(C)C)C2(CCNCC2)C1=O.Cl. The molecule has 0 aromatic carbocycles. The number of halogens is 1. The molecule has 3 rings (SSSR count). The van der Waals surface area contributed by atoms with E-state index in [9.17, 15) is 9.59 Å². The summed E-state index contributed by atoms with van der Waals surface area (Å²) >= 11 is 0. The number of aryl methyl sites for hydroxylation is 1. The summed E-state index contributed by atoms with van der Waals surface area (Å²) in [6, 6.07) is -0.152. The molecule has 0 atom stereocenters. The van der Waals surface area contributed by atoms with Crippen LogP contribution in [0.5, 0.6) is 0 Å². The summed E-state index contributed by atoms with van der Waals surface area (Å²) in [5.74, 6) is 1.07. The summed E-state index contributed by atoms with van der Waals surface area (Å²) < 4.78 is 1.86. The van der Waals surface area contributed by atoms with Gasteiger partial charge in [-0.05, 0) is 38.8 Å². The summed E-state index contributed by atoms with van der Waals surface area (Å²) in [5.41, 5.74) is -0.658. The molecule has 9 heteroatoms. The number of nitrogens with one attached hydrogen (secondary N) is 1. The van der Waals surface area contributed by atoms with Gasteiger partial charge in [0.05, 0.1) is 0 Å². The smallest absolute Gasteiger partial charge is 0.317 e. The highest BCUT2D eigenvalue weighted by molar-refractivity contribution is 6.07. The maximum absolute atomic E-state index is 13.1. The van der Waals surface area contributed by atoms with Gasteiger partial charge in [-0.25, -0.2) is 4.79 Å². The normalized spacial score (nSPS) is 19.8. The Labute approximate surface area is 154 Å². The van der Waals surface area contributed by atoms with Crippen LogP contribution >= 0.6 is 12.4 Å². The van der Waals surface area contributed by atoms with E-state index in [0.29, 0.717) is 38.4 Å². The van der Waals surface area contributed by atoms with Crippen LogP contribution in [0.1, 0.15) is 32.5 Å². The van der Waals surface area contributed by atoms with Crippen LogP contribution in [-0.4, -0.2) is 68.2 Å². The first-order chi connectivity index (χ1) is 11.5. The number of hydrogen-bond donors (Lipinski definition) is 1. The fraction of sp³-hybridized carbons (Fsp3) is 0.750. The van der Waals surface area contributed by atoms with Crippen molar-refractivity contribution in [1.82, 2.24) is 29.9 Å². The van der Waals surface area contributed by atoms with Crippen LogP contribution in [0.3, 0.4) is 0 Å². The maximum atomic E-state index is 13.1. The molecule has 2 aliphatic rings. The highest BCUT2D eigenvalue weighted by Crippen LogP contribution is 2.36. The van der Waals surface area contributed by atoms with Gasteiger partial charge < -0.3 is 14.8 Å². The molecule has 25 heavy (non-hydrogen) atoms. The number of aromatic nitrogens is 3. The Balaban J connectivity index is 0.00000225. The van der Waals surface area contributed by atoms with Crippen molar-refractivity contribution < 1.29 is 9.59 Å². The van der Waals surface area contributed by atoms with Gasteiger partial charge in [0.2, 0.25) is 0 Å². The molecule has 1 N–H and O–H groups in total. The van der Waals surface area contributed by atoms with Crippen molar-refractivity contribution in [2.75, 3.05) is 26.2 Å². The second-order valence-corrected chi connectivity index (χ2v) is 7.10. The minimum Gasteiger partial charge on any atom is -0.317 e. The third-order valence-corrected chi connectivity index (χ3v) is 4.97. The van der Waals surface area contributed by atoms with Crippen molar-refractivity contribution in [2.24, 2.45) is 5.92 Å². The van der Waals surface area contributed by atoms with Crippen LogP contribution in [0.25, 0.3) is 0 Å². The minimum atomic E-state index is -0.658. The number of rotatable bonds is 5. The second-order valence-electron chi connectivity index (χ2n) is 7.10. The molecular weight excluding hydrogens is 344 g/mol. The molecule has 140 valence electrons. The number of carbonyl (C=O) groups excluding carboxylic acids is 2. The Hall–Kier alpha value is -1.67. The molecule has 8 nitrogen and oxygen atoms in total. The van der Waals surface area contributed by atoms with E-state index in [1.165, 1.54) is 4.90 Å². The number of carbonyl (C=O) groups is 2. The molecule has 2 saturated heterocycles. The number of hydrogen-bond acceptors (Lipinski definition) is 5. The lowest BCUT2D eigenvalue weighted by Crippen LogP contribution is -2.56. The van der Waals surface area contributed by atoms with Crippen molar-refractivity contribution in [2.45, 2.75) is 45.7 Å². The van der Waals surface area contributed by atoms with Gasteiger partial charge in [-0.1, -0.05) is 13.8 Å². The Bertz CT molecular complexity index is 626. The highest BCUT2D eigenvalue weighted by atomic mass is 35.5. The first-order valence-corrected chi connectivity index (χ1v) is 8.64. The number of nitrogens with zero attached hydrogens (tertiary/aromatic N) is 5. The van der Waals surface area contributed by atoms with Crippen molar-refractivity contribution in [3.63, 3.8) is 0 Å². The van der Waals surface area contributed by atoms with E-state index in [1.54, 1.807) is 6.33 Å². The van der Waals surface area contributed by atoms with E-state index >= 15 is 0 Å². The van der Waals surface area contributed by atoms with E-state index in [2.05, 4.69) is 29.4 Å². The van der Waals surface area contributed by atoms with Crippen LogP contribution in [0.2, 0.25) is 0 Å². The van der Waals surface area contributed by atoms with E-state index in [4.69, 9.17) is 0 Å². The van der Waals surface area contributed by atoms with E-state index in [1.807, 2.05) is 16.4 Å². The van der Waals surface area contributed by atoms with Crippen molar-refractivity contribution in [3.05, 3.63) is 12.2 Å². The minimum absolute atomic E-state index is 0. The van der Waals surface area contributed by atoms with Gasteiger partial charge in [0.1, 0.15) is 17.7 Å². The quantitative estimate of drug-likeness (QED) is 0.783. The largest absolute Gasteiger partial charge is 0.327 e. The molecule has 2 aliphatic heterocycles. The van der Waals surface area contributed by atoms with E-state index in [-0.39, 0.29) is 24.3 Å². The lowest BCUT2D eigenvalue weighted by atomic mass is 9.86. The molecule has 1 aromatic heterocycles. The molecular formula is C16H27ClN6O2. The third kappa shape index (κ3) is 3.50. The molecule has 1 aromatic rings. The summed E-state index contributed by atoms with van der Waals surface area (Å²) in [4.78, 5) is 29.3. The maximum Gasteiger partial charge on any atom is 0.327 e. The monoisotopic (exact) mass is 370 g/mol. The first-order valence-electron chi connectivity index (χ1n) is 8.64. The standard InChI is InChI=1S/C16H26N6O2.ClH/c1-12(2)10-22-15(24)21(9-8-20-11-18-19-13(20)3)14(23)16(22)4-6-17-7-5-16;/h11-12,17H,4-10H2,1-3H3;1H. The van der Waals surface area contributed by atoms with Gasteiger partial charge in [0.15, 0.2) is 0 Å². The second kappa shape index (κ2) is 7.70. The number of amides is 3. The highest BCUT2D eigenvalue weighted by Gasteiger charge is 2.56. The van der Waals surface area contributed by atoms with Crippen LogP contribution in [-0.2, 0) is 11.3 Å². The van der Waals surface area contributed by atoms with E-state index < -0.39 is 5.54 Å². The molecule has 1 spiro atoms. The predicted octanol–water partition coefficient (Wildman–Crippen LogP) is 1.05. The Kier molecular flexibility index (Phi) is 6.05. The number of imide groups is 1. The van der Waals surface area contributed by atoms with Crippen molar-refractivity contribution in [3.8, 4) is 0 Å². The topological polar surface area (TPSA) is 83.4 Å². The molecule has 0 radical (unpaired) electrons. The molecule has 2 fully saturated rings. The fourth-order valence-corrected chi connectivity index (χ4v) is 3.66. The average Bonchev–Trinajstić information content (AvgIpc) is 3.04. The summed E-state index contributed by atoms with van der Waals surface area (Å²) in [5, 5.41) is 11.1. The summed E-state index contributed by atoms with van der Waals surface area (Å²) in [7, 11) is 0. The molecule has 0 aliphatic carbocycles. The van der Waals surface area contributed by atoms with Crippen LogP contribution in [0.15, 0.2) is 6.33 Å². The van der Waals surface area contributed by atoms with Crippen LogP contribution < -0.4 is 5.32 Å². The Morgan fingerprint density at radius 3 is 2.48 bits per heavy atom. The van der Waals surface area contributed by atoms with Crippen LogP contribution in [0, 0.1) is 12.8 Å². The van der Waals surface area contributed by atoms with Crippen LogP contribution in [0.4, 0.5) is 4.79 Å². The number of urea groups is 1. The van der Waals surface area contributed by atoms with Gasteiger partial charge in [-0.15, -0.1) is 22.6 Å². The summed E-state index contributed by atoms with van der Waals surface area (Å²) in [6.45, 7) is 9.07. The van der Waals surface area contributed by atoms with Gasteiger partial charge in [0.25, 0.3) is 5.91 Å². The molecule has 0 unspecified atom stereocenters. The van der Waals surface area contributed by atoms with Gasteiger partial charge in [-0.3, -0.25) is 9.69 Å². The van der Waals surface area contributed by atoms with Gasteiger partial charge >= 0.3 is 6.03 Å². The summed E-state index contributed by atoms with van der Waals surface area (Å²) in [6.07, 6.45) is 3.01. The zero-order valence-corrected chi connectivity index (χ0v) is 15.9. The zero-order chi connectivity index (χ0) is 17.3. The van der Waals surface area contributed by atoms with Gasteiger partial charge in [0, 0.05) is 19.6 Å². The number of piperidine rings is 1. The lowest BCUT2D eigenvalue weighted by Gasteiger charge is -2.39. The predicted molar refractivity (Wildman–Crippen MR) is 95.5 cm³/mol. The van der Waals surface area contributed by atoms with Crippen molar-refractivity contribution >= 4 is 24.3 Å². The average molecular weight is 371 g/mol. The molecule has 3 heterocycles. The first kappa shape index (κ1) is 19.7. The molecule has 0 saturated carbocycles. The Morgan fingerprint density at radius 1 is 1.24 bits per heavy atom. The zero-order valence-electron chi connectivity index (χ0n) is 15.1. The fourth-order valence-electron chi connectivity index (χ4n) is 3.66. The van der Waals surface area contributed by atoms with Crippen molar-refractivity contribution in [1.29, 1.82) is 0 Å².